The Kier molecular flexibility index (Phi) is 6.98. The lowest BCUT2D eigenvalue weighted by Crippen LogP contribution is -2.36. The van der Waals surface area contributed by atoms with E-state index in [1.54, 1.807) is 0 Å². The molecule has 2 aliphatic rings. The van der Waals surface area contributed by atoms with E-state index < -0.39 is 6.29 Å². The minimum absolute atomic E-state index is 0.245. The maximum Gasteiger partial charge on any atom is 0.204 e. The Labute approximate surface area is 284 Å². The highest BCUT2D eigenvalue weighted by atomic mass is 16.3. The van der Waals surface area contributed by atoms with Crippen molar-refractivity contribution >= 4 is 55.4 Å². The van der Waals surface area contributed by atoms with Gasteiger partial charge in [0.25, 0.3) is 0 Å². The van der Waals surface area contributed by atoms with Crippen LogP contribution < -0.4 is 5.32 Å². The van der Waals surface area contributed by atoms with Crippen LogP contribution in [0.4, 0.5) is 0 Å². The molecule has 236 valence electrons. The van der Waals surface area contributed by atoms with Crippen LogP contribution in [0.1, 0.15) is 35.8 Å². The average molecular weight is 635 g/mol. The van der Waals surface area contributed by atoms with E-state index in [1.165, 1.54) is 21.9 Å². The summed E-state index contributed by atoms with van der Waals surface area (Å²) >= 11 is 0. The largest absolute Gasteiger partial charge is 0.456 e. The molecule has 5 aromatic carbocycles. The molecule has 5 heteroatoms. The lowest BCUT2D eigenvalue weighted by molar-refractivity contribution is 0.515. The topological polar surface area (TPSA) is 54.8 Å². The fraction of sp³-hybridized carbons (Fsp3) is 0.0909. The molecule has 1 aliphatic carbocycles. The molecule has 9 rings (SSSR count). The molecule has 0 saturated heterocycles. The van der Waals surface area contributed by atoms with Gasteiger partial charge in [-0.25, -0.2) is 9.98 Å². The van der Waals surface area contributed by atoms with Crippen molar-refractivity contribution in [1.82, 2.24) is 9.88 Å². The molecule has 0 amide bonds. The van der Waals surface area contributed by atoms with Gasteiger partial charge in [0.1, 0.15) is 17.0 Å². The van der Waals surface area contributed by atoms with Gasteiger partial charge in [0.05, 0.1) is 11.0 Å². The number of para-hydroxylation sites is 2. The Morgan fingerprint density at radius 1 is 0.796 bits per heavy atom. The monoisotopic (exact) mass is 634 g/mol. The first-order valence-corrected chi connectivity index (χ1v) is 16.8. The summed E-state index contributed by atoms with van der Waals surface area (Å²) in [6.45, 7) is 6.27. The van der Waals surface area contributed by atoms with E-state index in [9.17, 15) is 0 Å². The van der Waals surface area contributed by atoms with Crippen LogP contribution >= 0.6 is 0 Å². The Morgan fingerprint density at radius 3 is 2.45 bits per heavy atom. The van der Waals surface area contributed by atoms with Gasteiger partial charge in [-0.3, -0.25) is 0 Å². The zero-order valence-corrected chi connectivity index (χ0v) is 27.1. The van der Waals surface area contributed by atoms with Crippen LogP contribution in [0.2, 0.25) is 0 Å². The molecule has 2 aromatic heterocycles. The number of nitrogens with one attached hydrogen (secondary N) is 1. The van der Waals surface area contributed by atoms with E-state index in [4.69, 9.17) is 14.4 Å². The van der Waals surface area contributed by atoms with Crippen molar-refractivity contribution in [2.45, 2.75) is 19.1 Å². The van der Waals surface area contributed by atoms with Crippen LogP contribution in [0, 0.1) is 5.92 Å². The maximum absolute atomic E-state index is 6.28. The van der Waals surface area contributed by atoms with Crippen molar-refractivity contribution in [3.63, 3.8) is 0 Å². The zero-order valence-electron chi connectivity index (χ0n) is 27.1. The van der Waals surface area contributed by atoms with Gasteiger partial charge in [-0.2, -0.15) is 0 Å². The Balaban J connectivity index is 1.24. The standard InChI is InChI=1S/C44H34N4O/c1-3-14-29-15-7-8-18-32(29)28(2)31-25-26-34-33-19-9-11-22-37(33)48(38(34)27-31)44-46-42(30-16-5-4-6-17-30)45-43(47-44)36-21-13-24-40-41(36)35-20-10-12-23-39(35)49-40/h3-28,32,44H,1H2,2H3,(H,45,46,47)/b29-14-. The molecule has 0 saturated carbocycles. The summed E-state index contributed by atoms with van der Waals surface area (Å²) in [6, 6.07) is 40.1. The smallest absolute Gasteiger partial charge is 0.204 e. The lowest BCUT2D eigenvalue weighted by Gasteiger charge is -2.27. The number of allylic oxidation sites excluding steroid dienone is 7. The third kappa shape index (κ3) is 4.85. The Morgan fingerprint density at radius 2 is 1.57 bits per heavy atom. The first kappa shape index (κ1) is 29.0. The summed E-state index contributed by atoms with van der Waals surface area (Å²) in [5, 5.41) is 8.26. The van der Waals surface area contributed by atoms with E-state index in [0.717, 1.165) is 49.9 Å². The normalized spacial score (nSPS) is 19.0. The molecule has 0 spiro atoms. The van der Waals surface area contributed by atoms with Crippen LogP contribution in [0.5, 0.6) is 0 Å². The summed E-state index contributed by atoms with van der Waals surface area (Å²) in [5.41, 5.74) is 8.38. The van der Waals surface area contributed by atoms with Gasteiger partial charge in [0.15, 0.2) is 5.84 Å². The van der Waals surface area contributed by atoms with Gasteiger partial charge in [-0.15, -0.1) is 0 Å². The van der Waals surface area contributed by atoms with Crippen molar-refractivity contribution in [2.75, 3.05) is 0 Å². The third-order valence-electron chi connectivity index (χ3n) is 9.88. The number of benzene rings is 5. The molecular weight excluding hydrogens is 601 g/mol. The van der Waals surface area contributed by atoms with Crippen LogP contribution in [0.15, 0.2) is 178 Å². The predicted octanol–water partition coefficient (Wildman–Crippen LogP) is 10.6. The summed E-state index contributed by atoms with van der Waals surface area (Å²) in [7, 11) is 0. The number of furan rings is 1. The molecule has 0 bridgehead atoms. The maximum atomic E-state index is 6.28. The van der Waals surface area contributed by atoms with Crippen molar-refractivity contribution in [2.24, 2.45) is 15.9 Å². The molecule has 3 heterocycles. The van der Waals surface area contributed by atoms with Crippen molar-refractivity contribution in [1.29, 1.82) is 0 Å². The highest BCUT2D eigenvalue weighted by Gasteiger charge is 2.27. The molecule has 3 atom stereocenters. The number of amidine groups is 2. The van der Waals surface area contributed by atoms with Crippen LogP contribution in [0.25, 0.3) is 43.7 Å². The molecule has 1 N–H and O–H groups in total. The molecule has 0 radical (unpaired) electrons. The highest BCUT2D eigenvalue weighted by molar-refractivity contribution is 6.21. The molecule has 3 unspecified atom stereocenters. The van der Waals surface area contributed by atoms with Gasteiger partial charge in [-0.1, -0.05) is 141 Å². The summed E-state index contributed by atoms with van der Waals surface area (Å²) in [5.74, 6) is 1.93. The van der Waals surface area contributed by atoms with Crippen molar-refractivity contribution < 1.29 is 4.42 Å². The SMILES string of the molecule is C=C/C=C1/C=CC=CC1C(C)c1ccc2c3ccccc3n(C3N=C(c4ccccc4)N=C(c4cccc5oc6ccccc6c45)N3)c2c1. The second-order valence-corrected chi connectivity index (χ2v) is 12.7. The summed E-state index contributed by atoms with van der Waals surface area (Å²) in [6.07, 6.45) is 12.3. The molecule has 0 fully saturated rings. The van der Waals surface area contributed by atoms with E-state index in [0.29, 0.717) is 5.84 Å². The van der Waals surface area contributed by atoms with Crippen LogP contribution in [0.3, 0.4) is 0 Å². The zero-order chi connectivity index (χ0) is 32.9. The van der Waals surface area contributed by atoms with E-state index >= 15 is 0 Å². The average Bonchev–Trinajstić information content (AvgIpc) is 3.71. The number of nitrogens with zero attached hydrogens (tertiary/aromatic N) is 3. The third-order valence-corrected chi connectivity index (χ3v) is 9.88. The second-order valence-electron chi connectivity index (χ2n) is 12.7. The van der Waals surface area contributed by atoms with Gasteiger partial charge in [-0.05, 0) is 41.3 Å². The lowest BCUT2D eigenvalue weighted by atomic mass is 9.80. The van der Waals surface area contributed by atoms with Crippen molar-refractivity contribution in [3.05, 3.63) is 181 Å². The van der Waals surface area contributed by atoms with Gasteiger partial charge >= 0.3 is 0 Å². The molecule has 7 aromatic rings. The summed E-state index contributed by atoms with van der Waals surface area (Å²) in [4.78, 5) is 10.5. The van der Waals surface area contributed by atoms with E-state index in [2.05, 4.69) is 127 Å². The van der Waals surface area contributed by atoms with E-state index in [-0.39, 0.29) is 11.8 Å². The number of hydrogen-bond acceptors (Lipinski definition) is 4. The number of aliphatic imine (C=N–C) groups is 2. The second kappa shape index (κ2) is 11.8. The quantitative estimate of drug-likeness (QED) is 0.198. The molecular formula is C44H34N4O. The van der Waals surface area contributed by atoms with Crippen molar-refractivity contribution in [3.8, 4) is 0 Å². The highest BCUT2D eigenvalue weighted by Crippen LogP contribution is 2.39. The van der Waals surface area contributed by atoms with Crippen LogP contribution in [-0.2, 0) is 0 Å². The fourth-order valence-corrected chi connectivity index (χ4v) is 7.50. The van der Waals surface area contributed by atoms with Gasteiger partial charge in [0.2, 0.25) is 6.29 Å². The molecule has 49 heavy (non-hydrogen) atoms. The number of hydrogen-bond donors (Lipinski definition) is 1. The number of rotatable bonds is 6. The van der Waals surface area contributed by atoms with Gasteiger partial charge in [0, 0.05) is 38.6 Å². The first-order valence-electron chi connectivity index (χ1n) is 16.8. The van der Waals surface area contributed by atoms with E-state index in [1.807, 2.05) is 48.5 Å². The van der Waals surface area contributed by atoms with Gasteiger partial charge < -0.3 is 14.3 Å². The summed E-state index contributed by atoms with van der Waals surface area (Å²) < 4.78 is 8.62. The van der Waals surface area contributed by atoms with Crippen LogP contribution in [-0.4, -0.2) is 16.2 Å². The minimum atomic E-state index is -0.460. The molecule has 5 nitrogen and oxygen atoms in total. The Bertz CT molecular complexity index is 2580. The number of aromatic nitrogens is 1. The fourth-order valence-electron chi connectivity index (χ4n) is 7.50. The molecule has 1 aliphatic heterocycles. The first-order chi connectivity index (χ1) is 24.2. The minimum Gasteiger partial charge on any atom is -0.456 e. The number of fused-ring (bicyclic) bond motifs is 6. The Hall–Kier alpha value is -6.20. The predicted molar refractivity (Wildman–Crippen MR) is 203 cm³/mol.